The van der Waals surface area contributed by atoms with E-state index in [1.807, 2.05) is 0 Å². The maximum Gasteiger partial charge on any atom is 0.326 e. The molecule has 0 aromatic heterocycles. The SMILES string of the molecule is COc1cc(C(=O)NC(C(=O)O)C2CC2)ccc1OCC(N)=O. The summed E-state index contributed by atoms with van der Waals surface area (Å²) in [6.07, 6.45) is 1.58. The zero-order valence-corrected chi connectivity index (χ0v) is 12.6. The Morgan fingerprint density at radius 2 is 2.04 bits per heavy atom. The third kappa shape index (κ3) is 4.35. The van der Waals surface area contributed by atoms with Gasteiger partial charge in [-0.05, 0) is 37.0 Å². The number of hydrogen-bond donors (Lipinski definition) is 3. The van der Waals surface area contributed by atoms with Crippen LogP contribution in [0.2, 0.25) is 0 Å². The lowest BCUT2D eigenvalue weighted by molar-refractivity contribution is -0.139. The van der Waals surface area contributed by atoms with Crippen molar-refractivity contribution >= 4 is 17.8 Å². The summed E-state index contributed by atoms with van der Waals surface area (Å²) >= 11 is 0. The molecule has 2 amide bonds. The van der Waals surface area contributed by atoms with Gasteiger partial charge in [-0.3, -0.25) is 9.59 Å². The van der Waals surface area contributed by atoms with E-state index in [0.717, 1.165) is 12.8 Å². The summed E-state index contributed by atoms with van der Waals surface area (Å²) in [5.74, 6) is -1.70. The van der Waals surface area contributed by atoms with Gasteiger partial charge < -0.3 is 25.6 Å². The van der Waals surface area contributed by atoms with Crippen molar-refractivity contribution in [2.24, 2.45) is 11.7 Å². The smallest absolute Gasteiger partial charge is 0.326 e. The minimum absolute atomic E-state index is 0.0171. The van der Waals surface area contributed by atoms with Gasteiger partial charge in [-0.2, -0.15) is 0 Å². The third-order valence-electron chi connectivity index (χ3n) is 3.44. The summed E-state index contributed by atoms with van der Waals surface area (Å²) in [6, 6.07) is 3.44. The van der Waals surface area contributed by atoms with Crippen molar-refractivity contribution in [3.05, 3.63) is 23.8 Å². The van der Waals surface area contributed by atoms with E-state index in [1.54, 1.807) is 0 Å². The molecular formula is C15H18N2O6. The maximum absolute atomic E-state index is 12.2. The van der Waals surface area contributed by atoms with Gasteiger partial charge >= 0.3 is 5.97 Å². The Hall–Kier alpha value is -2.77. The molecule has 8 nitrogen and oxygen atoms in total. The molecule has 1 aromatic rings. The molecule has 0 heterocycles. The zero-order chi connectivity index (χ0) is 17.0. The maximum atomic E-state index is 12.2. The lowest BCUT2D eigenvalue weighted by Gasteiger charge is -2.15. The second-order valence-electron chi connectivity index (χ2n) is 5.25. The molecule has 1 aromatic carbocycles. The van der Waals surface area contributed by atoms with Crippen LogP contribution in [0.1, 0.15) is 23.2 Å². The second kappa shape index (κ2) is 6.99. The number of hydrogen-bond acceptors (Lipinski definition) is 5. The average Bonchev–Trinajstić information content (AvgIpc) is 3.34. The molecule has 0 radical (unpaired) electrons. The Morgan fingerprint density at radius 3 is 2.57 bits per heavy atom. The first kappa shape index (κ1) is 16.6. The van der Waals surface area contributed by atoms with Crippen LogP contribution in [0, 0.1) is 5.92 Å². The number of nitrogens with two attached hydrogens (primary N) is 1. The first-order valence-corrected chi connectivity index (χ1v) is 7.05. The normalized spacial score (nSPS) is 14.7. The number of nitrogens with one attached hydrogen (secondary N) is 1. The van der Waals surface area contributed by atoms with Crippen molar-refractivity contribution in [1.82, 2.24) is 5.32 Å². The van der Waals surface area contributed by atoms with Crippen LogP contribution in [-0.4, -0.2) is 42.6 Å². The molecule has 0 spiro atoms. The molecule has 0 bridgehead atoms. The Morgan fingerprint density at radius 1 is 1.35 bits per heavy atom. The quantitative estimate of drug-likeness (QED) is 0.625. The molecule has 8 heteroatoms. The Labute approximate surface area is 132 Å². The van der Waals surface area contributed by atoms with Crippen LogP contribution < -0.4 is 20.5 Å². The lowest BCUT2D eigenvalue weighted by atomic mass is 10.1. The number of primary amides is 1. The van der Waals surface area contributed by atoms with Crippen LogP contribution in [-0.2, 0) is 9.59 Å². The number of carboxylic acid groups (broad SMARTS) is 1. The standard InChI is InChI=1S/C15H18N2O6/c1-22-11-6-9(4-5-10(11)23-7-12(16)18)14(19)17-13(15(20)21)8-2-3-8/h4-6,8,13H,2-3,7H2,1H3,(H2,16,18)(H,17,19)(H,20,21). The van der Waals surface area contributed by atoms with Crippen LogP contribution >= 0.6 is 0 Å². The molecule has 1 fully saturated rings. The number of carboxylic acids is 1. The van der Waals surface area contributed by atoms with E-state index in [-0.39, 0.29) is 29.6 Å². The topological polar surface area (TPSA) is 128 Å². The molecule has 0 aliphatic heterocycles. The summed E-state index contributed by atoms with van der Waals surface area (Å²) in [7, 11) is 1.39. The van der Waals surface area contributed by atoms with Crippen LogP contribution in [0.5, 0.6) is 11.5 Å². The predicted octanol–water partition coefficient (Wildman–Crippen LogP) is 0.152. The van der Waals surface area contributed by atoms with E-state index in [0.29, 0.717) is 0 Å². The van der Waals surface area contributed by atoms with E-state index in [9.17, 15) is 14.4 Å². The number of carbonyl (C=O) groups is 3. The fourth-order valence-corrected chi connectivity index (χ4v) is 2.11. The van der Waals surface area contributed by atoms with Crippen LogP contribution in [0.3, 0.4) is 0 Å². The fraction of sp³-hybridized carbons (Fsp3) is 0.400. The number of benzene rings is 1. The number of ether oxygens (including phenoxy) is 2. The fourth-order valence-electron chi connectivity index (χ4n) is 2.11. The molecule has 1 aliphatic carbocycles. The number of rotatable bonds is 8. The Bertz CT molecular complexity index is 626. The Balaban J connectivity index is 2.10. The molecular weight excluding hydrogens is 304 g/mol. The molecule has 23 heavy (non-hydrogen) atoms. The van der Waals surface area contributed by atoms with Gasteiger partial charge in [0, 0.05) is 5.56 Å². The average molecular weight is 322 g/mol. The van der Waals surface area contributed by atoms with Gasteiger partial charge in [0.1, 0.15) is 6.04 Å². The van der Waals surface area contributed by atoms with Gasteiger partial charge in [0.15, 0.2) is 18.1 Å². The first-order chi connectivity index (χ1) is 10.9. The van der Waals surface area contributed by atoms with Crippen molar-refractivity contribution in [2.45, 2.75) is 18.9 Å². The summed E-state index contributed by atoms with van der Waals surface area (Å²) in [6.45, 7) is -0.315. The number of carbonyl (C=O) groups excluding carboxylic acids is 2. The van der Waals surface area contributed by atoms with Gasteiger partial charge in [-0.1, -0.05) is 0 Å². The zero-order valence-electron chi connectivity index (χ0n) is 12.6. The van der Waals surface area contributed by atoms with Crippen molar-refractivity contribution in [1.29, 1.82) is 0 Å². The van der Waals surface area contributed by atoms with Crippen molar-refractivity contribution in [2.75, 3.05) is 13.7 Å². The minimum atomic E-state index is -1.05. The summed E-state index contributed by atoms with van der Waals surface area (Å²) in [4.78, 5) is 34.1. The van der Waals surface area contributed by atoms with E-state index in [1.165, 1.54) is 25.3 Å². The Kier molecular flexibility index (Phi) is 5.05. The monoisotopic (exact) mass is 322 g/mol. The van der Waals surface area contributed by atoms with E-state index in [2.05, 4.69) is 5.32 Å². The van der Waals surface area contributed by atoms with Gasteiger partial charge in [-0.15, -0.1) is 0 Å². The largest absolute Gasteiger partial charge is 0.493 e. The van der Waals surface area contributed by atoms with Crippen molar-refractivity contribution in [3.63, 3.8) is 0 Å². The van der Waals surface area contributed by atoms with Crippen LogP contribution in [0.25, 0.3) is 0 Å². The third-order valence-corrected chi connectivity index (χ3v) is 3.44. The van der Waals surface area contributed by atoms with E-state index in [4.69, 9.17) is 20.3 Å². The van der Waals surface area contributed by atoms with Crippen LogP contribution in [0.4, 0.5) is 0 Å². The molecule has 2 rings (SSSR count). The lowest BCUT2D eigenvalue weighted by Crippen LogP contribution is -2.42. The van der Waals surface area contributed by atoms with Gasteiger partial charge in [0.05, 0.1) is 7.11 Å². The summed E-state index contributed by atoms with van der Waals surface area (Å²) in [5.41, 5.74) is 5.24. The highest BCUT2D eigenvalue weighted by molar-refractivity contribution is 5.97. The molecule has 0 saturated heterocycles. The van der Waals surface area contributed by atoms with Gasteiger partial charge in [0.25, 0.3) is 11.8 Å². The summed E-state index contributed by atoms with van der Waals surface area (Å²) < 4.78 is 10.3. The second-order valence-corrected chi connectivity index (χ2v) is 5.25. The van der Waals surface area contributed by atoms with E-state index < -0.39 is 23.8 Å². The highest BCUT2D eigenvalue weighted by atomic mass is 16.5. The molecule has 1 atom stereocenters. The molecule has 1 unspecified atom stereocenters. The molecule has 124 valence electrons. The molecule has 1 saturated carbocycles. The predicted molar refractivity (Wildman–Crippen MR) is 79.3 cm³/mol. The highest BCUT2D eigenvalue weighted by Crippen LogP contribution is 2.33. The van der Waals surface area contributed by atoms with Crippen molar-refractivity contribution < 1.29 is 29.0 Å². The molecule has 1 aliphatic rings. The minimum Gasteiger partial charge on any atom is -0.493 e. The number of amides is 2. The van der Waals surface area contributed by atoms with Crippen molar-refractivity contribution in [3.8, 4) is 11.5 Å². The number of methoxy groups -OCH3 is 1. The van der Waals surface area contributed by atoms with Crippen LogP contribution in [0.15, 0.2) is 18.2 Å². The summed E-state index contributed by atoms with van der Waals surface area (Å²) in [5, 5.41) is 11.6. The highest BCUT2D eigenvalue weighted by Gasteiger charge is 2.37. The van der Waals surface area contributed by atoms with Gasteiger partial charge in [-0.25, -0.2) is 4.79 Å². The molecule has 4 N–H and O–H groups in total. The first-order valence-electron chi connectivity index (χ1n) is 7.05. The number of aliphatic carboxylic acids is 1. The van der Waals surface area contributed by atoms with E-state index >= 15 is 0 Å². The van der Waals surface area contributed by atoms with Gasteiger partial charge in [0.2, 0.25) is 0 Å².